The number of rotatable bonds is 4. The van der Waals surface area contributed by atoms with Gasteiger partial charge in [-0.05, 0) is 26.0 Å². The molecule has 0 bridgehead atoms. The van der Waals surface area contributed by atoms with Gasteiger partial charge >= 0.3 is 0 Å². The van der Waals surface area contributed by atoms with E-state index in [9.17, 15) is 4.79 Å². The van der Waals surface area contributed by atoms with Crippen molar-refractivity contribution in [3.8, 4) is 5.82 Å². The fourth-order valence-electron chi connectivity index (χ4n) is 3.58. The summed E-state index contributed by atoms with van der Waals surface area (Å²) in [5, 5.41) is 11.7. The van der Waals surface area contributed by atoms with Crippen molar-refractivity contribution >= 4 is 5.91 Å². The van der Waals surface area contributed by atoms with Crippen molar-refractivity contribution in [2.24, 2.45) is 7.05 Å². The zero-order valence-corrected chi connectivity index (χ0v) is 15.6. The molecule has 140 valence electrons. The molecule has 0 fully saturated rings. The molecule has 0 aromatic carbocycles. The lowest BCUT2D eigenvalue weighted by Crippen LogP contribution is -2.29. The Morgan fingerprint density at radius 2 is 2.19 bits per heavy atom. The molecular weight excluding hydrogens is 344 g/mol. The van der Waals surface area contributed by atoms with Gasteiger partial charge in [0.15, 0.2) is 5.82 Å². The summed E-state index contributed by atoms with van der Waals surface area (Å²) in [6, 6.07) is 5.62. The van der Waals surface area contributed by atoms with Crippen molar-refractivity contribution in [2.45, 2.75) is 39.0 Å². The van der Waals surface area contributed by atoms with Crippen LogP contribution in [0, 0.1) is 0 Å². The minimum Gasteiger partial charge on any atom is -0.369 e. The highest BCUT2D eigenvalue weighted by molar-refractivity contribution is 5.94. The Labute approximate surface area is 157 Å². The van der Waals surface area contributed by atoms with E-state index in [-0.39, 0.29) is 18.1 Å². The van der Waals surface area contributed by atoms with Crippen LogP contribution in [0.4, 0.5) is 0 Å². The van der Waals surface area contributed by atoms with Crippen molar-refractivity contribution in [3.05, 3.63) is 59.3 Å². The molecule has 3 aromatic rings. The smallest absolute Gasteiger partial charge is 0.270 e. The average Bonchev–Trinajstić information content (AvgIpc) is 3.28. The van der Waals surface area contributed by atoms with E-state index in [1.807, 2.05) is 38.2 Å². The lowest BCUT2D eigenvalue weighted by atomic mass is 9.99. The highest BCUT2D eigenvalue weighted by atomic mass is 16.5. The third-order valence-corrected chi connectivity index (χ3v) is 4.73. The number of fused-ring (bicyclic) bond motifs is 1. The van der Waals surface area contributed by atoms with Crippen LogP contribution in [-0.2, 0) is 24.8 Å². The van der Waals surface area contributed by atoms with Crippen LogP contribution in [0.5, 0.6) is 0 Å². The number of carbonyl (C=O) groups is 1. The molecular formula is C19H22N6O2. The van der Waals surface area contributed by atoms with E-state index in [2.05, 4.69) is 20.5 Å². The molecule has 1 amide bonds. The maximum absolute atomic E-state index is 12.9. The van der Waals surface area contributed by atoms with Gasteiger partial charge in [0.2, 0.25) is 0 Å². The Morgan fingerprint density at radius 1 is 1.33 bits per heavy atom. The van der Waals surface area contributed by atoms with Gasteiger partial charge in [-0.15, -0.1) is 0 Å². The standard InChI is InChI=1S/C19H22N6O2/c1-12-10-15-16(13(2)27-12)23-24(3)17(15)19(26)21-11-14-6-4-7-20-18(14)25-9-5-8-22-25/h4-9,12-13H,10-11H2,1-3H3,(H,21,26)/t12-,13+/m1/s1. The Bertz CT molecular complexity index is 963. The van der Waals surface area contributed by atoms with Gasteiger partial charge in [0.1, 0.15) is 5.69 Å². The van der Waals surface area contributed by atoms with Crippen LogP contribution in [-0.4, -0.2) is 36.6 Å². The second-order valence-corrected chi connectivity index (χ2v) is 6.75. The number of amides is 1. The number of hydrogen-bond acceptors (Lipinski definition) is 5. The number of ether oxygens (including phenoxy) is 1. The van der Waals surface area contributed by atoms with E-state index in [1.165, 1.54) is 0 Å². The van der Waals surface area contributed by atoms with Gasteiger partial charge in [-0.25, -0.2) is 9.67 Å². The number of pyridine rings is 1. The molecule has 1 N–H and O–H groups in total. The summed E-state index contributed by atoms with van der Waals surface area (Å²) in [7, 11) is 1.80. The van der Waals surface area contributed by atoms with Crippen LogP contribution in [0.2, 0.25) is 0 Å². The van der Waals surface area contributed by atoms with Gasteiger partial charge in [0.25, 0.3) is 5.91 Å². The number of aromatic nitrogens is 5. The molecule has 0 aliphatic carbocycles. The van der Waals surface area contributed by atoms with E-state index in [1.54, 1.807) is 28.8 Å². The molecule has 4 heterocycles. The third kappa shape index (κ3) is 3.23. The van der Waals surface area contributed by atoms with Crippen LogP contribution >= 0.6 is 0 Å². The molecule has 0 radical (unpaired) electrons. The summed E-state index contributed by atoms with van der Waals surface area (Å²) in [6.45, 7) is 4.33. The summed E-state index contributed by atoms with van der Waals surface area (Å²) in [6.07, 6.45) is 5.87. The van der Waals surface area contributed by atoms with Crippen molar-refractivity contribution in [3.63, 3.8) is 0 Å². The molecule has 4 rings (SSSR count). The third-order valence-electron chi connectivity index (χ3n) is 4.73. The maximum Gasteiger partial charge on any atom is 0.270 e. The van der Waals surface area contributed by atoms with Crippen molar-refractivity contribution in [2.75, 3.05) is 0 Å². The molecule has 0 saturated carbocycles. The van der Waals surface area contributed by atoms with Crippen LogP contribution < -0.4 is 5.32 Å². The van der Waals surface area contributed by atoms with E-state index in [0.29, 0.717) is 24.5 Å². The summed E-state index contributed by atoms with van der Waals surface area (Å²) in [4.78, 5) is 17.3. The Morgan fingerprint density at radius 3 is 2.96 bits per heavy atom. The van der Waals surface area contributed by atoms with Gasteiger partial charge < -0.3 is 10.1 Å². The first-order valence-electron chi connectivity index (χ1n) is 8.98. The molecule has 3 aromatic heterocycles. The molecule has 0 unspecified atom stereocenters. The predicted molar refractivity (Wildman–Crippen MR) is 98.4 cm³/mol. The van der Waals surface area contributed by atoms with Gasteiger partial charge in [-0.2, -0.15) is 10.2 Å². The largest absolute Gasteiger partial charge is 0.369 e. The quantitative estimate of drug-likeness (QED) is 0.763. The normalized spacial score (nSPS) is 18.9. The molecule has 0 saturated heterocycles. The predicted octanol–water partition coefficient (Wildman–Crippen LogP) is 1.95. The maximum atomic E-state index is 12.9. The lowest BCUT2D eigenvalue weighted by molar-refractivity contribution is -0.00710. The van der Waals surface area contributed by atoms with Gasteiger partial charge in [-0.3, -0.25) is 9.48 Å². The van der Waals surface area contributed by atoms with Gasteiger partial charge in [-0.1, -0.05) is 6.07 Å². The molecule has 1 aliphatic heterocycles. The van der Waals surface area contributed by atoms with Crippen molar-refractivity contribution < 1.29 is 9.53 Å². The minimum absolute atomic E-state index is 0.0630. The first-order chi connectivity index (χ1) is 13.0. The number of nitrogens with zero attached hydrogens (tertiary/aromatic N) is 5. The summed E-state index contributed by atoms with van der Waals surface area (Å²) in [5.41, 5.74) is 3.30. The summed E-state index contributed by atoms with van der Waals surface area (Å²) >= 11 is 0. The highest BCUT2D eigenvalue weighted by Gasteiger charge is 2.31. The second-order valence-electron chi connectivity index (χ2n) is 6.75. The zero-order valence-electron chi connectivity index (χ0n) is 15.6. The first kappa shape index (κ1) is 17.4. The fourth-order valence-corrected chi connectivity index (χ4v) is 3.58. The van der Waals surface area contributed by atoms with Crippen molar-refractivity contribution in [1.82, 2.24) is 29.9 Å². The summed E-state index contributed by atoms with van der Waals surface area (Å²) in [5.74, 6) is 0.549. The summed E-state index contributed by atoms with van der Waals surface area (Å²) < 4.78 is 9.16. The second kappa shape index (κ2) is 6.96. The molecule has 27 heavy (non-hydrogen) atoms. The molecule has 2 atom stereocenters. The Balaban J connectivity index is 1.57. The van der Waals surface area contributed by atoms with E-state index < -0.39 is 0 Å². The number of carbonyl (C=O) groups excluding carboxylic acids is 1. The van der Waals surface area contributed by atoms with Gasteiger partial charge in [0.05, 0.1) is 17.9 Å². The fraction of sp³-hybridized carbons (Fsp3) is 0.368. The highest BCUT2D eigenvalue weighted by Crippen LogP contribution is 2.31. The van der Waals surface area contributed by atoms with Crippen LogP contribution in [0.15, 0.2) is 36.8 Å². The number of aryl methyl sites for hydroxylation is 1. The first-order valence-corrected chi connectivity index (χ1v) is 8.98. The minimum atomic E-state index is -0.150. The molecule has 8 heteroatoms. The van der Waals surface area contributed by atoms with E-state index in [0.717, 1.165) is 16.8 Å². The lowest BCUT2D eigenvalue weighted by Gasteiger charge is -2.24. The monoisotopic (exact) mass is 366 g/mol. The van der Waals surface area contributed by atoms with E-state index >= 15 is 0 Å². The number of hydrogen-bond donors (Lipinski definition) is 1. The number of nitrogens with one attached hydrogen (secondary N) is 1. The van der Waals surface area contributed by atoms with Crippen LogP contribution in [0.1, 0.15) is 47.3 Å². The Kier molecular flexibility index (Phi) is 4.49. The van der Waals surface area contributed by atoms with E-state index in [4.69, 9.17) is 4.74 Å². The Hall–Kier alpha value is -3.00. The van der Waals surface area contributed by atoms with Crippen molar-refractivity contribution in [1.29, 1.82) is 0 Å². The average molecular weight is 366 g/mol. The SMILES string of the molecule is C[C@@H]1Cc2c(nn(C)c2C(=O)NCc2cccnc2-n2cccn2)[C@H](C)O1. The molecule has 0 spiro atoms. The van der Waals surface area contributed by atoms with Gasteiger partial charge in [0, 0.05) is 49.7 Å². The molecule has 1 aliphatic rings. The molecule has 8 nitrogen and oxygen atoms in total. The van der Waals surface area contributed by atoms with Crippen LogP contribution in [0.3, 0.4) is 0 Å². The van der Waals surface area contributed by atoms with Crippen LogP contribution in [0.25, 0.3) is 5.82 Å². The topological polar surface area (TPSA) is 86.9 Å². The zero-order chi connectivity index (χ0) is 19.0.